The zero-order valence-electron chi connectivity index (χ0n) is 15.6. The van der Waals surface area contributed by atoms with Crippen LogP contribution in [0, 0.1) is 0 Å². The van der Waals surface area contributed by atoms with Crippen molar-refractivity contribution < 1.29 is 4.79 Å². The fourth-order valence-electron chi connectivity index (χ4n) is 1.84. The summed E-state index contributed by atoms with van der Waals surface area (Å²) < 4.78 is 0. The lowest BCUT2D eigenvalue weighted by molar-refractivity contribution is -0.112. The summed E-state index contributed by atoms with van der Waals surface area (Å²) in [6, 6.07) is 6.23. The Morgan fingerprint density at radius 3 is 2.52 bits per heavy atom. The lowest BCUT2D eigenvalue weighted by atomic mass is 10.1. The third-order valence-electron chi connectivity index (χ3n) is 3.49. The molecular weight excluding hydrogens is 326 g/mol. The van der Waals surface area contributed by atoms with Gasteiger partial charge in [0.05, 0.1) is 0 Å². The van der Waals surface area contributed by atoms with E-state index in [4.69, 9.17) is 0 Å². The summed E-state index contributed by atoms with van der Waals surface area (Å²) in [4.78, 5) is 12.4. The minimum absolute atomic E-state index is 0.0332. The molecule has 0 saturated heterocycles. The highest BCUT2D eigenvalue weighted by molar-refractivity contribution is 7.99. The van der Waals surface area contributed by atoms with Crippen molar-refractivity contribution in [3.05, 3.63) is 78.1 Å². The number of nitrogens with one attached hydrogen (secondary N) is 1. The second kappa shape index (κ2) is 10.6. The van der Waals surface area contributed by atoms with Crippen molar-refractivity contribution in [2.75, 3.05) is 11.1 Å². The van der Waals surface area contributed by atoms with E-state index in [1.54, 1.807) is 30.8 Å². The second-order valence-electron chi connectivity index (χ2n) is 5.98. The number of carbonyl (C=O) groups excluding carboxylic acids is 1. The van der Waals surface area contributed by atoms with Crippen LogP contribution in [0.5, 0.6) is 0 Å². The molecule has 0 bridgehead atoms. The fourth-order valence-corrected chi connectivity index (χ4v) is 2.67. The van der Waals surface area contributed by atoms with Crippen LogP contribution >= 0.6 is 11.8 Å². The normalized spacial score (nSPS) is 10.9. The maximum absolute atomic E-state index is 11.3. The van der Waals surface area contributed by atoms with Gasteiger partial charge in [-0.3, -0.25) is 4.79 Å². The first-order chi connectivity index (χ1) is 11.8. The van der Waals surface area contributed by atoms with Gasteiger partial charge in [-0.1, -0.05) is 37.0 Å². The number of anilines is 1. The first kappa shape index (κ1) is 20.8. The number of hydrogen-bond acceptors (Lipinski definition) is 3. The third kappa shape index (κ3) is 7.90. The van der Waals surface area contributed by atoms with E-state index in [1.807, 2.05) is 25.2 Å². The lowest BCUT2D eigenvalue weighted by Gasteiger charge is -2.13. The molecule has 0 spiro atoms. The number of rotatable bonds is 9. The Kier molecular flexibility index (Phi) is 8.79. The Hall–Kier alpha value is -2.26. The van der Waals surface area contributed by atoms with Crippen molar-refractivity contribution in [2.24, 2.45) is 0 Å². The van der Waals surface area contributed by atoms with Crippen LogP contribution in [0.1, 0.15) is 33.3 Å². The van der Waals surface area contributed by atoms with Gasteiger partial charge < -0.3 is 5.32 Å². The number of thioether (sulfide) groups is 1. The van der Waals surface area contributed by atoms with Gasteiger partial charge in [-0.25, -0.2) is 0 Å². The Morgan fingerprint density at radius 2 is 1.92 bits per heavy atom. The molecule has 0 amide bonds. The van der Waals surface area contributed by atoms with Crippen LogP contribution in [0.3, 0.4) is 0 Å². The van der Waals surface area contributed by atoms with Crippen LogP contribution in [-0.2, 0) is 4.79 Å². The number of allylic oxidation sites excluding steroid dienone is 6. The SMILES string of the molecule is C=C/C=C\C(=C)CSc1ccc(NC(C)=C(C)C)c(/C=C/C(C)=O)c1. The topological polar surface area (TPSA) is 29.1 Å². The van der Waals surface area contributed by atoms with Gasteiger partial charge in [-0.15, -0.1) is 11.8 Å². The summed E-state index contributed by atoms with van der Waals surface area (Å²) in [6.45, 7) is 15.4. The average Bonchev–Trinajstić information content (AvgIpc) is 2.57. The van der Waals surface area contributed by atoms with Gasteiger partial charge in [-0.2, -0.15) is 0 Å². The van der Waals surface area contributed by atoms with Gasteiger partial charge in [0, 0.05) is 22.0 Å². The number of ketones is 1. The molecule has 1 rings (SSSR count). The van der Waals surface area contributed by atoms with Gasteiger partial charge >= 0.3 is 0 Å². The van der Waals surface area contributed by atoms with Crippen molar-refractivity contribution in [1.29, 1.82) is 0 Å². The van der Waals surface area contributed by atoms with Crippen molar-refractivity contribution in [3.8, 4) is 0 Å². The molecule has 2 nitrogen and oxygen atoms in total. The van der Waals surface area contributed by atoms with E-state index in [9.17, 15) is 4.79 Å². The Balaban J connectivity index is 3.03. The molecule has 0 aromatic heterocycles. The minimum Gasteiger partial charge on any atom is -0.359 e. The molecule has 3 heteroatoms. The Morgan fingerprint density at radius 1 is 1.20 bits per heavy atom. The fraction of sp³-hybridized carbons (Fsp3) is 0.227. The van der Waals surface area contributed by atoms with Crippen LogP contribution < -0.4 is 5.32 Å². The predicted molar refractivity (Wildman–Crippen MR) is 113 cm³/mol. The molecule has 0 aliphatic rings. The van der Waals surface area contributed by atoms with Gasteiger partial charge in [0.1, 0.15) is 0 Å². The predicted octanol–water partition coefficient (Wildman–Crippen LogP) is 6.41. The van der Waals surface area contributed by atoms with Crippen LogP contribution in [0.4, 0.5) is 5.69 Å². The largest absolute Gasteiger partial charge is 0.359 e. The maximum atomic E-state index is 11.3. The summed E-state index contributed by atoms with van der Waals surface area (Å²) >= 11 is 1.72. The maximum Gasteiger partial charge on any atom is 0.152 e. The molecule has 0 saturated carbocycles. The molecule has 1 aromatic carbocycles. The van der Waals surface area contributed by atoms with Gasteiger partial charge in [-0.05, 0) is 69.2 Å². The molecule has 25 heavy (non-hydrogen) atoms. The molecule has 0 unspecified atom stereocenters. The smallest absolute Gasteiger partial charge is 0.152 e. The zero-order valence-corrected chi connectivity index (χ0v) is 16.4. The van der Waals surface area contributed by atoms with E-state index >= 15 is 0 Å². The van der Waals surface area contributed by atoms with Crippen LogP contribution in [0.2, 0.25) is 0 Å². The van der Waals surface area contributed by atoms with E-state index in [1.165, 1.54) is 5.57 Å². The first-order valence-electron chi connectivity index (χ1n) is 8.17. The minimum atomic E-state index is 0.0332. The summed E-state index contributed by atoms with van der Waals surface area (Å²) in [5, 5.41) is 3.42. The summed E-state index contributed by atoms with van der Waals surface area (Å²) in [6.07, 6.45) is 9.05. The average molecular weight is 354 g/mol. The van der Waals surface area contributed by atoms with E-state index in [-0.39, 0.29) is 5.78 Å². The van der Waals surface area contributed by atoms with Gasteiger partial charge in [0.15, 0.2) is 5.78 Å². The van der Waals surface area contributed by atoms with Crippen LogP contribution in [0.15, 0.2) is 77.4 Å². The lowest BCUT2D eigenvalue weighted by Crippen LogP contribution is -2.00. The van der Waals surface area contributed by atoms with Crippen molar-refractivity contribution in [1.82, 2.24) is 0 Å². The Labute approximate surface area is 156 Å². The zero-order chi connectivity index (χ0) is 18.8. The Bertz CT molecular complexity index is 734. The van der Waals surface area contributed by atoms with E-state index in [2.05, 4.69) is 50.5 Å². The number of hydrogen-bond donors (Lipinski definition) is 1. The van der Waals surface area contributed by atoms with Crippen molar-refractivity contribution >= 4 is 29.3 Å². The van der Waals surface area contributed by atoms with Crippen molar-refractivity contribution in [3.63, 3.8) is 0 Å². The molecule has 0 fully saturated rings. The van der Waals surface area contributed by atoms with E-state index in [0.29, 0.717) is 0 Å². The first-order valence-corrected chi connectivity index (χ1v) is 9.15. The second-order valence-corrected chi connectivity index (χ2v) is 7.03. The van der Waals surface area contributed by atoms with E-state index in [0.717, 1.165) is 33.2 Å². The van der Waals surface area contributed by atoms with Gasteiger partial charge in [0.2, 0.25) is 0 Å². The highest BCUT2D eigenvalue weighted by atomic mass is 32.2. The monoisotopic (exact) mass is 353 g/mol. The summed E-state index contributed by atoms with van der Waals surface area (Å²) in [5.74, 6) is 0.839. The number of benzene rings is 1. The molecule has 0 atom stereocenters. The molecule has 0 heterocycles. The third-order valence-corrected chi connectivity index (χ3v) is 4.59. The van der Waals surface area contributed by atoms with Gasteiger partial charge in [0.25, 0.3) is 0 Å². The molecule has 0 aliphatic carbocycles. The van der Waals surface area contributed by atoms with Crippen LogP contribution in [0.25, 0.3) is 6.08 Å². The molecule has 0 radical (unpaired) electrons. The highest BCUT2D eigenvalue weighted by Crippen LogP contribution is 2.28. The standard InChI is InChI=1S/C22H27NOS/c1-7-8-9-17(4)15-25-21-12-13-22(23-19(6)16(2)3)20(14-21)11-10-18(5)24/h7-14,23H,1,4,15H2,2-3,5-6H3/b9-8-,11-10+. The van der Waals surface area contributed by atoms with Crippen LogP contribution in [-0.4, -0.2) is 11.5 Å². The summed E-state index contributed by atoms with van der Waals surface area (Å²) in [7, 11) is 0. The molecule has 1 N–H and O–H groups in total. The molecule has 1 aromatic rings. The van der Waals surface area contributed by atoms with E-state index < -0.39 is 0 Å². The van der Waals surface area contributed by atoms with Crippen molar-refractivity contribution in [2.45, 2.75) is 32.6 Å². The number of carbonyl (C=O) groups is 1. The summed E-state index contributed by atoms with van der Waals surface area (Å²) in [5.41, 5.74) is 5.36. The molecule has 0 aliphatic heterocycles. The quantitative estimate of drug-likeness (QED) is 0.316. The molecule has 132 valence electrons. The highest BCUT2D eigenvalue weighted by Gasteiger charge is 2.04. The molecular formula is C22H27NOS.